The molecule has 0 aliphatic carbocycles. The number of aliphatic hydroxyl groups is 1. The van der Waals surface area contributed by atoms with E-state index in [1.165, 1.54) is 0 Å². The number of hydrogen-bond acceptors (Lipinski definition) is 4. The molecule has 0 amide bonds. The molecule has 3 aromatic heterocycles. The molecule has 3 heterocycles. The van der Waals surface area contributed by atoms with Gasteiger partial charge in [-0.2, -0.15) is 10.2 Å². The summed E-state index contributed by atoms with van der Waals surface area (Å²) >= 11 is 3.51. The Kier molecular flexibility index (Phi) is 3.31. The van der Waals surface area contributed by atoms with Gasteiger partial charge >= 0.3 is 0 Å². The van der Waals surface area contributed by atoms with E-state index in [1.54, 1.807) is 34.0 Å². The van der Waals surface area contributed by atoms with Gasteiger partial charge < -0.3 is 5.11 Å². The quantitative estimate of drug-likeness (QED) is 0.792. The van der Waals surface area contributed by atoms with E-state index in [9.17, 15) is 5.11 Å². The Hall–Kier alpha value is -1.73. The first-order valence-corrected chi connectivity index (χ1v) is 7.00. The normalized spacial score (nSPS) is 13.0. The summed E-state index contributed by atoms with van der Waals surface area (Å²) in [5.41, 5.74) is 3.45. The Bertz CT molecular complexity index is 763. The van der Waals surface area contributed by atoms with E-state index in [1.807, 2.05) is 14.0 Å². The van der Waals surface area contributed by atoms with Gasteiger partial charge in [-0.3, -0.25) is 9.67 Å². The highest BCUT2D eigenvalue weighted by Crippen LogP contribution is 2.27. The lowest BCUT2D eigenvalue weighted by Gasteiger charge is -2.10. The number of nitrogens with zero attached hydrogens (tertiary/aromatic N) is 5. The van der Waals surface area contributed by atoms with Crippen LogP contribution in [0.15, 0.2) is 29.3 Å². The van der Waals surface area contributed by atoms with E-state index in [0.717, 1.165) is 26.9 Å². The molecule has 1 atom stereocenters. The summed E-state index contributed by atoms with van der Waals surface area (Å²) in [6.07, 6.45) is 6.62. The van der Waals surface area contributed by atoms with Crippen molar-refractivity contribution < 1.29 is 5.11 Å². The van der Waals surface area contributed by atoms with Crippen LogP contribution in [0.4, 0.5) is 0 Å². The number of halogens is 1. The lowest BCUT2D eigenvalue weighted by molar-refractivity contribution is 0.177. The summed E-state index contributed by atoms with van der Waals surface area (Å²) in [5.74, 6) is 0. The first-order chi connectivity index (χ1) is 9.58. The van der Waals surface area contributed by atoms with Gasteiger partial charge in [0.25, 0.3) is 0 Å². The third-order valence-corrected chi connectivity index (χ3v) is 4.39. The van der Waals surface area contributed by atoms with E-state index >= 15 is 0 Å². The molecule has 20 heavy (non-hydrogen) atoms. The topological polar surface area (TPSA) is 68.2 Å². The summed E-state index contributed by atoms with van der Waals surface area (Å²) < 4.78 is 4.43. The van der Waals surface area contributed by atoms with Crippen LogP contribution in [0.25, 0.3) is 5.52 Å². The van der Waals surface area contributed by atoms with Crippen LogP contribution in [0, 0.1) is 6.92 Å². The predicted molar refractivity (Wildman–Crippen MR) is 77.3 cm³/mol. The molecule has 1 N–H and O–H groups in total. The smallest absolute Gasteiger partial charge is 0.0903 e. The second kappa shape index (κ2) is 4.99. The molecule has 0 radical (unpaired) electrons. The van der Waals surface area contributed by atoms with Crippen LogP contribution >= 0.6 is 15.9 Å². The highest BCUT2D eigenvalue weighted by Gasteiger charge is 2.19. The molecule has 0 aliphatic heterocycles. The molecule has 0 saturated carbocycles. The van der Waals surface area contributed by atoms with Gasteiger partial charge in [-0.25, -0.2) is 4.52 Å². The number of hydrogen-bond donors (Lipinski definition) is 1. The van der Waals surface area contributed by atoms with Gasteiger partial charge in [0.15, 0.2) is 0 Å². The minimum Gasteiger partial charge on any atom is -0.388 e. The molecule has 0 aliphatic rings. The number of aryl methyl sites for hydroxylation is 2. The fraction of sp³-hybridized carbons (Fsp3) is 0.308. The number of fused-ring (bicyclic) bond motifs is 1. The Balaban J connectivity index is 1.95. The standard InChI is InChI=1S/C13H14BrN5O/c1-8-13(14)10(18(2)17-8)5-12(20)9-6-16-19-4-3-15-7-11(9)19/h3-4,6-7,12,20H,5H2,1-2H3. The van der Waals surface area contributed by atoms with Crippen LogP contribution in [0.1, 0.15) is 23.1 Å². The minimum atomic E-state index is -0.650. The summed E-state index contributed by atoms with van der Waals surface area (Å²) in [6, 6.07) is 0. The fourth-order valence-corrected chi connectivity index (χ4v) is 2.80. The third-order valence-electron chi connectivity index (χ3n) is 3.36. The van der Waals surface area contributed by atoms with Crippen molar-refractivity contribution in [2.75, 3.05) is 0 Å². The van der Waals surface area contributed by atoms with Crippen molar-refractivity contribution >= 4 is 21.4 Å². The molecule has 7 heteroatoms. The minimum absolute atomic E-state index is 0.466. The summed E-state index contributed by atoms with van der Waals surface area (Å²) in [4.78, 5) is 4.08. The predicted octanol–water partition coefficient (Wildman–Crippen LogP) is 1.81. The van der Waals surface area contributed by atoms with Gasteiger partial charge in [-0.1, -0.05) is 0 Å². The van der Waals surface area contributed by atoms with Crippen molar-refractivity contribution in [3.8, 4) is 0 Å². The van der Waals surface area contributed by atoms with E-state index in [4.69, 9.17) is 0 Å². The van der Waals surface area contributed by atoms with Crippen LogP contribution in [-0.2, 0) is 13.5 Å². The second-order valence-corrected chi connectivity index (χ2v) is 5.49. The molecule has 0 spiro atoms. The van der Waals surface area contributed by atoms with Crippen LogP contribution < -0.4 is 0 Å². The van der Waals surface area contributed by atoms with Crippen LogP contribution in [0.3, 0.4) is 0 Å². The molecular weight excluding hydrogens is 322 g/mol. The number of rotatable bonds is 3. The molecule has 3 rings (SSSR count). The summed E-state index contributed by atoms with van der Waals surface area (Å²) in [5, 5.41) is 19.0. The molecule has 1 unspecified atom stereocenters. The van der Waals surface area contributed by atoms with E-state index in [-0.39, 0.29) is 0 Å². The largest absolute Gasteiger partial charge is 0.388 e. The highest BCUT2D eigenvalue weighted by molar-refractivity contribution is 9.10. The van der Waals surface area contributed by atoms with Crippen molar-refractivity contribution in [1.29, 1.82) is 0 Å². The molecule has 3 aromatic rings. The molecule has 6 nitrogen and oxygen atoms in total. The van der Waals surface area contributed by atoms with Gasteiger partial charge in [0.1, 0.15) is 0 Å². The first-order valence-electron chi connectivity index (χ1n) is 6.21. The Labute approximate surface area is 124 Å². The van der Waals surface area contributed by atoms with Crippen molar-refractivity contribution in [1.82, 2.24) is 24.4 Å². The maximum atomic E-state index is 10.5. The lowest BCUT2D eigenvalue weighted by Crippen LogP contribution is -2.07. The Morgan fingerprint density at radius 2 is 2.20 bits per heavy atom. The van der Waals surface area contributed by atoms with E-state index in [0.29, 0.717) is 6.42 Å². The van der Waals surface area contributed by atoms with Crippen molar-refractivity contribution in [3.05, 3.63) is 46.2 Å². The Morgan fingerprint density at radius 3 is 2.90 bits per heavy atom. The van der Waals surface area contributed by atoms with Gasteiger partial charge in [0, 0.05) is 31.4 Å². The van der Waals surface area contributed by atoms with Crippen LogP contribution in [0.2, 0.25) is 0 Å². The first kappa shape index (κ1) is 13.3. The monoisotopic (exact) mass is 335 g/mol. The van der Waals surface area contributed by atoms with Crippen molar-refractivity contribution in [3.63, 3.8) is 0 Å². The van der Waals surface area contributed by atoms with Gasteiger partial charge in [0.2, 0.25) is 0 Å². The maximum absolute atomic E-state index is 10.5. The maximum Gasteiger partial charge on any atom is 0.0903 e. The highest BCUT2D eigenvalue weighted by atomic mass is 79.9. The zero-order chi connectivity index (χ0) is 14.3. The molecule has 104 valence electrons. The molecule has 0 aromatic carbocycles. The average molecular weight is 336 g/mol. The number of aromatic nitrogens is 5. The van der Waals surface area contributed by atoms with E-state index < -0.39 is 6.10 Å². The second-order valence-electron chi connectivity index (χ2n) is 4.70. The molecular formula is C13H14BrN5O. The van der Waals surface area contributed by atoms with Crippen molar-refractivity contribution in [2.45, 2.75) is 19.4 Å². The molecule has 0 fully saturated rings. The van der Waals surface area contributed by atoms with Gasteiger partial charge in [-0.05, 0) is 22.9 Å². The molecule has 0 saturated heterocycles. The van der Waals surface area contributed by atoms with Crippen LogP contribution in [0.5, 0.6) is 0 Å². The Morgan fingerprint density at radius 1 is 1.40 bits per heavy atom. The third kappa shape index (κ3) is 2.12. The summed E-state index contributed by atoms with van der Waals surface area (Å²) in [7, 11) is 1.87. The van der Waals surface area contributed by atoms with Crippen LogP contribution in [-0.4, -0.2) is 29.5 Å². The summed E-state index contributed by atoms with van der Waals surface area (Å²) in [6.45, 7) is 1.93. The zero-order valence-electron chi connectivity index (χ0n) is 11.2. The average Bonchev–Trinajstić information content (AvgIpc) is 2.96. The zero-order valence-corrected chi connectivity index (χ0v) is 12.7. The van der Waals surface area contributed by atoms with E-state index in [2.05, 4.69) is 31.1 Å². The van der Waals surface area contributed by atoms with Gasteiger partial charge in [-0.15, -0.1) is 0 Å². The number of aliphatic hydroxyl groups excluding tert-OH is 1. The van der Waals surface area contributed by atoms with Gasteiger partial charge in [0.05, 0.1) is 39.9 Å². The fourth-order valence-electron chi connectivity index (χ4n) is 2.30. The van der Waals surface area contributed by atoms with Crippen molar-refractivity contribution in [2.24, 2.45) is 7.05 Å². The molecule has 0 bridgehead atoms. The SMILES string of the molecule is Cc1nn(C)c(CC(O)c2cnn3ccncc23)c1Br. The lowest BCUT2D eigenvalue weighted by atomic mass is 10.1.